The summed E-state index contributed by atoms with van der Waals surface area (Å²) in [5.41, 5.74) is 19.6. The van der Waals surface area contributed by atoms with Gasteiger partial charge in [0.15, 0.2) is 0 Å². The van der Waals surface area contributed by atoms with Gasteiger partial charge in [-0.25, -0.2) is 0 Å². The second kappa shape index (κ2) is 19.3. The van der Waals surface area contributed by atoms with Crippen molar-refractivity contribution < 1.29 is 0 Å². The van der Waals surface area contributed by atoms with Gasteiger partial charge in [-0.15, -0.1) is 0 Å². The summed E-state index contributed by atoms with van der Waals surface area (Å²) in [4.78, 5) is 5.00. The number of hydrogen-bond acceptors (Lipinski definition) is 2. The normalized spacial score (nSPS) is 13.8. The van der Waals surface area contributed by atoms with Crippen LogP contribution in [0.3, 0.4) is 0 Å². The first-order valence-electron chi connectivity index (χ1n) is 25.9. The molecule has 2 aliphatic rings. The fourth-order valence-electron chi connectivity index (χ4n) is 10.9. The minimum absolute atomic E-state index is 0.0475. The quantitative estimate of drug-likeness (QED) is 0.126. The summed E-state index contributed by atoms with van der Waals surface area (Å²) in [6, 6.07) is 73.0. The number of hydrogen-bond donors (Lipinski definition) is 0. The summed E-state index contributed by atoms with van der Waals surface area (Å²) in [5.74, 6) is 0. The molecule has 354 valence electrons. The molecule has 11 rings (SSSR count). The molecule has 72 heavy (non-hydrogen) atoms. The average molecular weight is 933 g/mol. The molecule has 9 aromatic rings. The Bertz CT molecular complexity index is 3320. The Morgan fingerprint density at radius 3 is 1.03 bits per heavy atom. The highest BCUT2D eigenvalue weighted by Gasteiger charge is 2.26. The fraction of sp³-hybridized carbons (Fsp3) is 0.171. The predicted octanol–water partition coefficient (Wildman–Crippen LogP) is 20.0. The monoisotopic (exact) mass is 933 g/mol. The molecule has 0 saturated heterocycles. The predicted molar refractivity (Wildman–Crippen MR) is 311 cm³/mol. The lowest BCUT2D eigenvalue weighted by molar-refractivity contribution is 0.590. The SMILES string of the molecule is CC(C)(C)c1ccc(N(C2=CC=CCC2)c2ccc3c(-c4ccccc4-c4ccccc4)c4cc(N(C5=CC=CCC5)c5ccc(C(C)(C)C)cc5)ccc4c(-c4ccccc4-c4ccccc4)c3c2)cc1. The molecule has 0 heterocycles. The first-order valence-corrected chi connectivity index (χ1v) is 25.9. The fourth-order valence-corrected chi connectivity index (χ4v) is 10.9. The number of allylic oxidation sites excluding steroid dienone is 8. The van der Waals surface area contributed by atoms with Gasteiger partial charge in [-0.2, -0.15) is 0 Å². The van der Waals surface area contributed by atoms with E-state index >= 15 is 0 Å². The second-order valence-electron chi connectivity index (χ2n) is 21.5. The van der Waals surface area contributed by atoms with Crippen molar-refractivity contribution in [1.29, 1.82) is 0 Å². The maximum Gasteiger partial charge on any atom is 0.0465 e. The van der Waals surface area contributed by atoms with Crippen molar-refractivity contribution in [2.45, 2.75) is 78.1 Å². The van der Waals surface area contributed by atoms with Crippen LogP contribution in [0, 0.1) is 0 Å². The molecule has 0 amide bonds. The van der Waals surface area contributed by atoms with Crippen molar-refractivity contribution in [3.63, 3.8) is 0 Å². The van der Waals surface area contributed by atoms with Crippen LogP contribution in [0.5, 0.6) is 0 Å². The summed E-state index contributed by atoms with van der Waals surface area (Å²) in [5, 5.41) is 4.86. The molecule has 0 fully saturated rings. The van der Waals surface area contributed by atoms with Crippen LogP contribution in [0.25, 0.3) is 66.1 Å². The Morgan fingerprint density at radius 1 is 0.333 bits per heavy atom. The molecule has 0 N–H and O–H groups in total. The number of anilines is 4. The summed E-state index contributed by atoms with van der Waals surface area (Å²) in [7, 11) is 0. The van der Waals surface area contributed by atoms with Gasteiger partial charge in [0.1, 0.15) is 0 Å². The molecule has 9 aromatic carbocycles. The van der Waals surface area contributed by atoms with Crippen molar-refractivity contribution in [3.8, 4) is 44.5 Å². The lowest BCUT2D eigenvalue weighted by Crippen LogP contribution is -2.18. The highest BCUT2D eigenvalue weighted by Crippen LogP contribution is 2.51. The Kier molecular flexibility index (Phi) is 12.5. The summed E-state index contributed by atoms with van der Waals surface area (Å²) in [6.45, 7) is 13.7. The van der Waals surface area contributed by atoms with E-state index in [1.807, 2.05) is 0 Å². The third-order valence-corrected chi connectivity index (χ3v) is 14.7. The van der Waals surface area contributed by atoms with Gasteiger partial charge >= 0.3 is 0 Å². The van der Waals surface area contributed by atoms with Gasteiger partial charge in [-0.1, -0.05) is 211 Å². The molecule has 2 aliphatic carbocycles. The van der Waals surface area contributed by atoms with Crippen LogP contribution >= 0.6 is 0 Å². The Labute approximate surface area is 427 Å². The van der Waals surface area contributed by atoms with E-state index in [9.17, 15) is 0 Å². The Hall–Kier alpha value is -7.94. The van der Waals surface area contributed by atoms with Gasteiger partial charge in [0.2, 0.25) is 0 Å². The van der Waals surface area contributed by atoms with Gasteiger partial charge in [0.25, 0.3) is 0 Å². The van der Waals surface area contributed by atoms with E-state index in [4.69, 9.17) is 0 Å². The van der Waals surface area contributed by atoms with Crippen LogP contribution in [0.15, 0.2) is 242 Å². The van der Waals surface area contributed by atoms with Crippen molar-refractivity contribution in [2.75, 3.05) is 9.80 Å². The van der Waals surface area contributed by atoms with Crippen LogP contribution in [0.2, 0.25) is 0 Å². The molecular formula is C70H64N2. The standard InChI is InChI=1S/C70H64N2/c1-69(2,3)51-35-39-55(40-36-51)71(53-27-15-9-16-28-53)57-43-45-63-65(47-57)67(61-33-21-19-31-59(61)49-23-11-7-12-24-49)64-46-44-58(48-66(64)68(63)62-34-22-20-32-60(62)50-25-13-8-14-26-50)72(54-29-17-10-18-30-54)56-41-37-52(38-42-56)70(4,5)6/h7-15,17,19-27,29,31-48H,16,18,28,30H2,1-6H3. The van der Waals surface area contributed by atoms with Crippen molar-refractivity contribution in [2.24, 2.45) is 0 Å². The number of benzene rings is 9. The second-order valence-corrected chi connectivity index (χ2v) is 21.5. The third kappa shape index (κ3) is 9.03. The van der Waals surface area contributed by atoms with Gasteiger partial charge < -0.3 is 9.80 Å². The van der Waals surface area contributed by atoms with Crippen LogP contribution < -0.4 is 9.80 Å². The summed E-state index contributed by atoms with van der Waals surface area (Å²) < 4.78 is 0. The zero-order valence-corrected chi connectivity index (χ0v) is 42.7. The minimum atomic E-state index is 0.0475. The number of nitrogens with zero attached hydrogens (tertiary/aromatic N) is 2. The van der Waals surface area contributed by atoms with E-state index in [0.717, 1.165) is 48.4 Å². The van der Waals surface area contributed by atoms with Gasteiger partial charge in [-0.3, -0.25) is 0 Å². The molecule has 0 atom stereocenters. The molecular weight excluding hydrogens is 869 g/mol. The first kappa shape index (κ1) is 46.4. The largest absolute Gasteiger partial charge is 0.314 e. The molecule has 0 unspecified atom stereocenters. The zero-order valence-electron chi connectivity index (χ0n) is 42.7. The van der Waals surface area contributed by atoms with Crippen LogP contribution in [-0.2, 0) is 10.8 Å². The number of fused-ring (bicyclic) bond motifs is 2. The van der Waals surface area contributed by atoms with Crippen molar-refractivity contribution in [1.82, 2.24) is 0 Å². The van der Waals surface area contributed by atoms with Crippen LogP contribution in [0.4, 0.5) is 22.7 Å². The van der Waals surface area contributed by atoms with Crippen molar-refractivity contribution in [3.05, 3.63) is 253 Å². The van der Waals surface area contributed by atoms with Gasteiger partial charge in [0, 0.05) is 34.1 Å². The van der Waals surface area contributed by atoms with Crippen LogP contribution in [-0.4, -0.2) is 0 Å². The van der Waals surface area contributed by atoms with Crippen molar-refractivity contribution >= 4 is 44.3 Å². The molecule has 0 spiro atoms. The lowest BCUT2D eigenvalue weighted by atomic mass is 9.82. The summed E-state index contributed by atoms with van der Waals surface area (Å²) >= 11 is 0. The highest BCUT2D eigenvalue weighted by molar-refractivity contribution is 6.24. The summed E-state index contributed by atoms with van der Waals surface area (Å²) in [6.07, 6.45) is 17.5. The van der Waals surface area contributed by atoms with E-state index in [-0.39, 0.29) is 10.8 Å². The Balaban J connectivity index is 1.26. The van der Waals surface area contributed by atoms with E-state index < -0.39 is 0 Å². The smallest absolute Gasteiger partial charge is 0.0465 e. The molecule has 0 bridgehead atoms. The minimum Gasteiger partial charge on any atom is -0.314 e. The van der Waals surface area contributed by atoms with Gasteiger partial charge in [0.05, 0.1) is 0 Å². The first-order chi connectivity index (χ1) is 35.0. The van der Waals surface area contributed by atoms with Crippen LogP contribution in [0.1, 0.15) is 78.4 Å². The van der Waals surface area contributed by atoms with E-state index in [2.05, 4.69) is 282 Å². The molecule has 0 radical (unpaired) electrons. The van der Waals surface area contributed by atoms with E-state index in [1.54, 1.807) is 0 Å². The van der Waals surface area contributed by atoms with E-state index in [0.29, 0.717) is 0 Å². The molecule has 2 heteroatoms. The average Bonchev–Trinajstić information content (AvgIpc) is 3.41. The zero-order chi connectivity index (χ0) is 49.4. The number of rotatable bonds is 10. The molecule has 2 nitrogen and oxygen atoms in total. The van der Waals surface area contributed by atoms with Gasteiger partial charge in [-0.05, 0) is 174 Å². The highest BCUT2D eigenvalue weighted by atomic mass is 15.2. The Morgan fingerprint density at radius 2 is 0.681 bits per heavy atom. The van der Waals surface area contributed by atoms with E-state index in [1.165, 1.54) is 88.6 Å². The topological polar surface area (TPSA) is 6.48 Å². The molecule has 0 saturated carbocycles. The lowest BCUT2D eigenvalue weighted by Gasteiger charge is -2.31. The molecule has 0 aromatic heterocycles. The maximum absolute atomic E-state index is 2.50. The third-order valence-electron chi connectivity index (χ3n) is 14.7. The molecule has 0 aliphatic heterocycles. The maximum atomic E-state index is 2.50.